The number of amides is 1. The van der Waals surface area contributed by atoms with E-state index in [1.54, 1.807) is 23.3 Å². The molecule has 0 saturated heterocycles. The molecule has 6 heteroatoms. The summed E-state index contributed by atoms with van der Waals surface area (Å²) in [6.45, 7) is 8.59. The van der Waals surface area contributed by atoms with Gasteiger partial charge < -0.3 is 10.1 Å². The largest absolute Gasteiger partial charge is 0.453 e. The van der Waals surface area contributed by atoms with Crippen LogP contribution in [-0.4, -0.2) is 20.7 Å². The fourth-order valence-electron chi connectivity index (χ4n) is 3.36. The van der Waals surface area contributed by atoms with E-state index in [0.717, 1.165) is 17.0 Å². The van der Waals surface area contributed by atoms with Crippen molar-refractivity contribution in [3.05, 3.63) is 84.1 Å². The molecule has 0 radical (unpaired) electrons. The SMILES string of the molecule is CC1(C)C=CC=C(NC(=O)Cn2cc(Oc3ccnc4c3C=CC(C)(C)C=C4)cn2)C=C1. The number of ether oxygens (including phenoxy) is 1. The summed E-state index contributed by atoms with van der Waals surface area (Å²) >= 11 is 0. The minimum absolute atomic E-state index is 0.0386. The Kier molecular flexibility index (Phi) is 5.70. The minimum Gasteiger partial charge on any atom is -0.453 e. The second kappa shape index (κ2) is 8.46. The van der Waals surface area contributed by atoms with Gasteiger partial charge in [-0.3, -0.25) is 14.5 Å². The number of aromatic nitrogens is 3. The third-order valence-electron chi connectivity index (χ3n) is 5.25. The number of allylic oxidation sites excluding steroid dienone is 7. The molecule has 0 aromatic carbocycles. The van der Waals surface area contributed by atoms with Crippen molar-refractivity contribution in [1.82, 2.24) is 20.1 Å². The van der Waals surface area contributed by atoms with Crippen molar-refractivity contribution in [3.63, 3.8) is 0 Å². The number of nitrogens with one attached hydrogen (secondary N) is 1. The van der Waals surface area contributed by atoms with E-state index in [0.29, 0.717) is 11.5 Å². The molecule has 32 heavy (non-hydrogen) atoms. The Balaban J connectivity index is 1.43. The van der Waals surface area contributed by atoms with Crippen LogP contribution in [0.3, 0.4) is 0 Å². The van der Waals surface area contributed by atoms with Gasteiger partial charge in [-0.2, -0.15) is 5.10 Å². The van der Waals surface area contributed by atoms with Crippen LogP contribution in [0, 0.1) is 10.8 Å². The summed E-state index contributed by atoms with van der Waals surface area (Å²) in [7, 11) is 0. The van der Waals surface area contributed by atoms with Crippen LogP contribution in [0.4, 0.5) is 0 Å². The van der Waals surface area contributed by atoms with E-state index < -0.39 is 0 Å². The van der Waals surface area contributed by atoms with Crippen molar-refractivity contribution in [2.45, 2.75) is 34.2 Å². The highest BCUT2D eigenvalue weighted by Gasteiger charge is 2.17. The predicted octanol–water partition coefficient (Wildman–Crippen LogP) is 5.29. The van der Waals surface area contributed by atoms with E-state index in [4.69, 9.17) is 4.74 Å². The third-order valence-corrected chi connectivity index (χ3v) is 5.25. The molecule has 2 aliphatic rings. The molecule has 1 N–H and O–H groups in total. The van der Waals surface area contributed by atoms with E-state index in [-0.39, 0.29) is 23.3 Å². The number of carbonyl (C=O) groups excluding carboxylic acids is 1. The van der Waals surface area contributed by atoms with Crippen LogP contribution in [0.15, 0.2) is 72.9 Å². The average molecular weight is 429 g/mol. The lowest BCUT2D eigenvalue weighted by Gasteiger charge is -2.12. The van der Waals surface area contributed by atoms with Gasteiger partial charge in [0.15, 0.2) is 5.75 Å². The first-order valence-electron chi connectivity index (χ1n) is 10.7. The molecule has 0 unspecified atom stereocenters. The smallest absolute Gasteiger partial charge is 0.246 e. The first kappa shape index (κ1) is 21.6. The molecule has 0 saturated carbocycles. The van der Waals surface area contributed by atoms with Crippen molar-refractivity contribution in [2.24, 2.45) is 10.8 Å². The van der Waals surface area contributed by atoms with E-state index >= 15 is 0 Å². The highest BCUT2D eigenvalue weighted by atomic mass is 16.5. The Hall–Kier alpha value is -3.67. The molecule has 0 aliphatic heterocycles. The van der Waals surface area contributed by atoms with Crippen LogP contribution in [0.1, 0.15) is 39.0 Å². The summed E-state index contributed by atoms with van der Waals surface area (Å²) in [4.78, 5) is 16.9. The van der Waals surface area contributed by atoms with Crippen molar-refractivity contribution in [1.29, 1.82) is 0 Å². The number of carbonyl (C=O) groups is 1. The first-order chi connectivity index (χ1) is 15.2. The van der Waals surface area contributed by atoms with Gasteiger partial charge in [-0.1, -0.05) is 64.2 Å². The molecule has 164 valence electrons. The molecule has 4 rings (SSSR count). The van der Waals surface area contributed by atoms with Gasteiger partial charge in [-0.05, 0) is 24.3 Å². The molecule has 6 nitrogen and oxygen atoms in total. The molecule has 2 aromatic heterocycles. The molecule has 0 spiro atoms. The second-order valence-electron chi connectivity index (χ2n) is 9.26. The van der Waals surface area contributed by atoms with Gasteiger partial charge in [-0.25, -0.2) is 0 Å². The van der Waals surface area contributed by atoms with Gasteiger partial charge >= 0.3 is 0 Å². The predicted molar refractivity (Wildman–Crippen MR) is 127 cm³/mol. The minimum atomic E-state index is -0.156. The zero-order valence-electron chi connectivity index (χ0n) is 18.9. The molecule has 2 aromatic rings. The molecule has 1 amide bonds. The highest BCUT2D eigenvalue weighted by Crippen LogP contribution is 2.33. The normalized spacial score (nSPS) is 17.8. The van der Waals surface area contributed by atoms with Gasteiger partial charge in [0.1, 0.15) is 12.3 Å². The standard InChI is InChI=1S/C26H28N4O2/c1-25(2)11-5-6-19(7-12-25)29-24(31)18-30-17-20(16-28-30)32-23-10-15-27-22-9-14-26(3,4)13-8-21(22)23/h5-17H,18H2,1-4H3,(H,29,31). The Labute approximate surface area is 188 Å². The quantitative estimate of drug-likeness (QED) is 0.703. The third kappa shape index (κ3) is 5.32. The fraction of sp³-hybridized carbons (Fsp3) is 0.269. The fourth-order valence-corrected chi connectivity index (χ4v) is 3.36. The lowest BCUT2D eigenvalue weighted by Crippen LogP contribution is -2.26. The monoisotopic (exact) mass is 428 g/mol. The Morgan fingerprint density at radius 2 is 1.81 bits per heavy atom. The van der Waals surface area contributed by atoms with Gasteiger partial charge in [0.25, 0.3) is 0 Å². The summed E-state index contributed by atoms with van der Waals surface area (Å²) in [5, 5.41) is 7.19. The van der Waals surface area contributed by atoms with Crippen molar-refractivity contribution in [2.75, 3.05) is 0 Å². The number of hydrogen-bond donors (Lipinski definition) is 1. The Morgan fingerprint density at radius 1 is 1.06 bits per heavy atom. The lowest BCUT2D eigenvalue weighted by atomic mass is 9.93. The van der Waals surface area contributed by atoms with E-state index in [9.17, 15) is 4.79 Å². The maximum absolute atomic E-state index is 12.5. The van der Waals surface area contributed by atoms with Crippen LogP contribution < -0.4 is 10.1 Å². The number of rotatable bonds is 5. The van der Waals surface area contributed by atoms with E-state index in [2.05, 4.69) is 67.4 Å². The van der Waals surface area contributed by atoms with Crippen molar-refractivity contribution >= 4 is 18.1 Å². The van der Waals surface area contributed by atoms with E-state index in [1.165, 1.54) is 0 Å². The molecule has 2 heterocycles. The van der Waals surface area contributed by atoms with Gasteiger partial charge in [-0.15, -0.1) is 0 Å². The zero-order chi connectivity index (χ0) is 22.8. The molecular weight excluding hydrogens is 400 g/mol. The molecule has 0 bridgehead atoms. The van der Waals surface area contributed by atoms with Crippen molar-refractivity contribution < 1.29 is 9.53 Å². The summed E-state index contributed by atoms with van der Waals surface area (Å²) in [6, 6.07) is 1.83. The van der Waals surface area contributed by atoms with Crippen LogP contribution in [-0.2, 0) is 11.3 Å². The van der Waals surface area contributed by atoms with Crippen LogP contribution in [0.5, 0.6) is 11.5 Å². The summed E-state index contributed by atoms with van der Waals surface area (Å²) < 4.78 is 7.64. The van der Waals surface area contributed by atoms with Gasteiger partial charge in [0.05, 0.1) is 18.1 Å². The molecule has 2 aliphatic carbocycles. The summed E-state index contributed by atoms with van der Waals surface area (Å²) in [5.41, 5.74) is 2.44. The maximum atomic E-state index is 12.5. The summed E-state index contributed by atoms with van der Waals surface area (Å²) in [6.07, 6.45) is 23.3. The topological polar surface area (TPSA) is 69.0 Å². The van der Waals surface area contributed by atoms with E-state index in [1.807, 2.05) is 36.4 Å². The van der Waals surface area contributed by atoms with Crippen LogP contribution in [0.2, 0.25) is 0 Å². The van der Waals surface area contributed by atoms with Crippen LogP contribution >= 0.6 is 0 Å². The lowest BCUT2D eigenvalue weighted by molar-refractivity contribution is -0.121. The molecule has 0 atom stereocenters. The molecular formula is C26H28N4O2. The molecule has 0 fully saturated rings. The number of fused-ring (bicyclic) bond motifs is 1. The zero-order valence-corrected chi connectivity index (χ0v) is 18.9. The number of hydrogen-bond acceptors (Lipinski definition) is 4. The first-order valence-corrected chi connectivity index (χ1v) is 10.7. The van der Waals surface area contributed by atoms with Gasteiger partial charge in [0.2, 0.25) is 5.91 Å². The number of pyridine rings is 1. The number of nitrogens with zero attached hydrogens (tertiary/aromatic N) is 3. The van der Waals surface area contributed by atoms with Gasteiger partial charge in [0, 0.05) is 28.3 Å². The Morgan fingerprint density at radius 3 is 2.66 bits per heavy atom. The summed E-state index contributed by atoms with van der Waals surface area (Å²) in [5.74, 6) is 1.10. The maximum Gasteiger partial charge on any atom is 0.246 e. The highest BCUT2D eigenvalue weighted by molar-refractivity contribution is 5.78. The van der Waals surface area contributed by atoms with Crippen LogP contribution in [0.25, 0.3) is 12.2 Å². The van der Waals surface area contributed by atoms with Crippen molar-refractivity contribution in [3.8, 4) is 11.5 Å². The average Bonchev–Trinajstić information content (AvgIpc) is 2.99. The Bertz CT molecular complexity index is 1180. The second-order valence-corrected chi connectivity index (χ2v) is 9.26.